The second-order valence-electron chi connectivity index (χ2n) is 10.2. The first-order chi connectivity index (χ1) is 15.7. The number of likely N-dealkylation sites (tertiary alicyclic amines) is 1. The molecule has 176 valence electrons. The molecular formula is C27H36N4O2. The van der Waals surface area contributed by atoms with E-state index < -0.39 is 5.41 Å². The van der Waals surface area contributed by atoms with Crippen LogP contribution < -0.4 is 0 Å². The van der Waals surface area contributed by atoms with Crippen LogP contribution in [0.25, 0.3) is 0 Å². The summed E-state index contributed by atoms with van der Waals surface area (Å²) in [5.74, 6) is 1.02. The van der Waals surface area contributed by atoms with Crippen LogP contribution in [0.15, 0.2) is 24.4 Å². The van der Waals surface area contributed by atoms with Crippen LogP contribution in [0.3, 0.4) is 0 Å². The number of aromatic nitrogens is 2. The topological polar surface area (TPSA) is 66.4 Å². The number of carbonyl (C=O) groups is 2. The Bertz CT molecular complexity index is 1040. The molecule has 6 nitrogen and oxygen atoms in total. The normalized spacial score (nSPS) is 20.0. The van der Waals surface area contributed by atoms with Gasteiger partial charge in [0.2, 0.25) is 5.91 Å². The zero-order valence-electron chi connectivity index (χ0n) is 20.6. The largest absolute Gasteiger partial charge is 0.345 e. The quantitative estimate of drug-likeness (QED) is 0.699. The molecule has 0 unspecified atom stereocenters. The molecule has 1 aliphatic heterocycles. The number of aryl methyl sites for hydroxylation is 3. The Balaban J connectivity index is 1.58. The van der Waals surface area contributed by atoms with Gasteiger partial charge in [-0.3, -0.25) is 9.59 Å². The monoisotopic (exact) mass is 448 g/mol. The lowest BCUT2D eigenvalue weighted by molar-refractivity contribution is -0.138. The lowest BCUT2D eigenvalue weighted by atomic mass is 9.76. The van der Waals surface area contributed by atoms with Crippen molar-refractivity contribution in [1.82, 2.24) is 19.8 Å². The van der Waals surface area contributed by atoms with Gasteiger partial charge in [-0.05, 0) is 52.0 Å². The van der Waals surface area contributed by atoms with E-state index in [0.29, 0.717) is 17.8 Å². The third-order valence-electron chi connectivity index (χ3n) is 7.35. The first-order valence-corrected chi connectivity index (χ1v) is 12.1. The van der Waals surface area contributed by atoms with Gasteiger partial charge in [0.05, 0.1) is 16.7 Å². The Hall–Kier alpha value is -2.76. The molecule has 1 saturated heterocycles. The number of rotatable bonds is 4. The van der Waals surface area contributed by atoms with Crippen LogP contribution in [-0.4, -0.2) is 58.8 Å². The first-order valence-electron chi connectivity index (χ1n) is 12.1. The number of hydrogen-bond donors (Lipinski definition) is 0. The summed E-state index contributed by atoms with van der Waals surface area (Å²) in [5, 5.41) is 0. The van der Waals surface area contributed by atoms with Gasteiger partial charge in [-0.15, -0.1) is 0 Å². The van der Waals surface area contributed by atoms with Gasteiger partial charge in [-0.2, -0.15) is 0 Å². The molecule has 1 saturated carbocycles. The molecular weight excluding hydrogens is 412 g/mol. The van der Waals surface area contributed by atoms with Crippen molar-refractivity contribution < 1.29 is 9.59 Å². The van der Waals surface area contributed by atoms with E-state index >= 15 is 0 Å². The summed E-state index contributed by atoms with van der Waals surface area (Å²) in [7, 11) is 3.46. The zero-order valence-corrected chi connectivity index (χ0v) is 20.6. The van der Waals surface area contributed by atoms with Gasteiger partial charge in [0.25, 0.3) is 5.91 Å². The molecule has 6 heteroatoms. The lowest BCUT2D eigenvalue weighted by Crippen LogP contribution is -2.49. The van der Waals surface area contributed by atoms with E-state index in [0.717, 1.165) is 50.9 Å². The van der Waals surface area contributed by atoms with Crippen molar-refractivity contribution >= 4 is 11.8 Å². The summed E-state index contributed by atoms with van der Waals surface area (Å²) in [6.07, 6.45) is 7.59. The summed E-state index contributed by atoms with van der Waals surface area (Å²) < 4.78 is 0. The second-order valence-corrected chi connectivity index (χ2v) is 10.2. The van der Waals surface area contributed by atoms with Gasteiger partial charge >= 0.3 is 0 Å². The molecule has 2 fully saturated rings. The van der Waals surface area contributed by atoms with Crippen molar-refractivity contribution in [3.05, 3.63) is 58.2 Å². The van der Waals surface area contributed by atoms with Crippen LogP contribution in [0.4, 0.5) is 0 Å². The predicted octanol–water partition coefficient (Wildman–Crippen LogP) is 4.32. The second kappa shape index (κ2) is 9.24. The molecule has 1 aromatic heterocycles. The molecule has 0 bridgehead atoms. The highest BCUT2D eigenvalue weighted by molar-refractivity contribution is 5.94. The minimum Gasteiger partial charge on any atom is -0.345 e. The predicted molar refractivity (Wildman–Crippen MR) is 129 cm³/mol. The molecule has 1 atom stereocenters. The molecule has 2 amide bonds. The molecule has 2 aliphatic rings. The fourth-order valence-corrected chi connectivity index (χ4v) is 5.66. The smallest absolute Gasteiger partial charge is 0.256 e. The number of amides is 2. The maximum absolute atomic E-state index is 14.0. The average molecular weight is 449 g/mol. The van der Waals surface area contributed by atoms with Crippen LogP contribution in [0.1, 0.15) is 83.0 Å². The number of piperidine rings is 1. The van der Waals surface area contributed by atoms with Crippen molar-refractivity contribution in [1.29, 1.82) is 0 Å². The number of hydrogen-bond acceptors (Lipinski definition) is 4. The van der Waals surface area contributed by atoms with E-state index in [4.69, 9.17) is 4.98 Å². The summed E-state index contributed by atoms with van der Waals surface area (Å²) in [6, 6.07) is 6.60. The lowest BCUT2D eigenvalue weighted by Gasteiger charge is -2.39. The summed E-state index contributed by atoms with van der Waals surface area (Å²) in [5.41, 5.74) is 4.45. The Morgan fingerprint density at radius 1 is 1.03 bits per heavy atom. The third kappa shape index (κ3) is 4.53. The molecule has 2 aromatic rings. The highest BCUT2D eigenvalue weighted by Crippen LogP contribution is 2.44. The molecule has 2 heterocycles. The highest BCUT2D eigenvalue weighted by Gasteiger charge is 2.46. The van der Waals surface area contributed by atoms with Crippen molar-refractivity contribution in [2.75, 3.05) is 27.2 Å². The number of benzene rings is 1. The zero-order chi connectivity index (χ0) is 23.8. The molecule has 0 spiro atoms. The van der Waals surface area contributed by atoms with E-state index in [9.17, 15) is 9.59 Å². The average Bonchev–Trinajstić information content (AvgIpc) is 3.29. The minimum atomic E-state index is -0.405. The van der Waals surface area contributed by atoms with Crippen LogP contribution in [-0.2, 0) is 10.2 Å². The maximum atomic E-state index is 14.0. The summed E-state index contributed by atoms with van der Waals surface area (Å²) >= 11 is 0. The Kier molecular flexibility index (Phi) is 6.55. The first kappa shape index (κ1) is 23.4. The molecule has 4 rings (SSSR count). The molecule has 0 radical (unpaired) electrons. The van der Waals surface area contributed by atoms with E-state index in [2.05, 4.69) is 41.9 Å². The van der Waals surface area contributed by atoms with Crippen molar-refractivity contribution in [3.63, 3.8) is 0 Å². The summed E-state index contributed by atoms with van der Waals surface area (Å²) in [4.78, 5) is 39.3. The van der Waals surface area contributed by atoms with Crippen LogP contribution in [0.2, 0.25) is 0 Å². The minimum absolute atomic E-state index is 0.0869. The van der Waals surface area contributed by atoms with Gasteiger partial charge in [-0.25, -0.2) is 9.97 Å². The fourth-order valence-electron chi connectivity index (χ4n) is 5.66. The number of carbonyl (C=O) groups excluding carboxylic acids is 2. The van der Waals surface area contributed by atoms with Gasteiger partial charge < -0.3 is 9.80 Å². The summed E-state index contributed by atoms with van der Waals surface area (Å²) in [6.45, 7) is 7.53. The van der Waals surface area contributed by atoms with Gasteiger partial charge in [-0.1, -0.05) is 42.2 Å². The maximum Gasteiger partial charge on any atom is 0.256 e. The molecule has 1 aromatic carbocycles. The Morgan fingerprint density at radius 2 is 1.70 bits per heavy atom. The molecule has 33 heavy (non-hydrogen) atoms. The Morgan fingerprint density at radius 3 is 2.30 bits per heavy atom. The highest BCUT2D eigenvalue weighted by atomic mass is 16.2. The third-order valence-corrected chi connectivity index (χ3v) is 7.35. The molecule has 1 aliphatic carbocycles. The van der Waals surface area contributed by atoms with Crippen molar-refractivity contribution in [3.8, 4) is 0 Å². The van der Waals surface area contributed by atoms with Gasteiger partial charge in [0, 0.05) is 39.3 Å². The van der Waals surface area contributed by atoms with Crippen LogP contribution in [0, 0.1) is 20.8 Å². The van der Waals surface area contributed by atoms with Crippen molar-refractivity contribution in [2.45, 2.75) is 70.6 Å². The SMILES string of the molecule is Cc1cc(C)cc(C2(C(=O)N3CCC[C@@H](c4ncc(C(=O)N(C)C)c(C)n4)C3)CCCC2)c1. The van der Waals surface area contributed by atoms with Gasteiger partial charge in [0.15, 0.2) is 0 Å². The van der Waals surface area contributed by atoms with E-state index in [-0.39, 0.29) is 17.7 Å². The van der Waals surface area contributed by atoms with Crippen LogP contribution in [0.5, 0.6) is 0 Å². The fraction of sp³-hybridized carbons (Fsp3) is 0.556. The number of nitrogens with zero attached hydrogens (tertiary/aromatic N) is 4. The Labute approximate surface area is 197 Å². The molecule has 0 N–H and O–H groups in total. The standard InChI is InChI=1S/C27H36N4O2/c1-18-13-19(2)15-22(14-18)27(10-6-7-11-27)26(33)31-12-8-9-21(17-31)24-28-16-23(20(3)29-24)25(32)30(4)5/h13-16,21H,6-12,17H2,1-5H3/t21-/m1/s1. The van der Waals surface area contributed by atoms with Crippen LogP contribution >= 0.6 is 0 Å². The van der Waals surface area contributed by atoms with E-state index in [1.165, 1.54) is 16.7 Å². The van der Waals surface area contributed by atoms with Crippen molar-refractivity contribution in [2.24, 2.45) is 0 Å². The van der Waals surface area contributed by atoms with E-state index in [1.54, 1.807) is 25.2 Å². The van der Waals surface area contributed by atoms with Gasteiger partial charge in [0.1, 0.15) is 5.82 Å². The van der Waals surface area contributed by atoms with E-state index in [1.807, 2.05) is 6.92 Å².